The molecule has 2 unspecified atom stereocenters. The summed E-state index contributed by atoms with van der Waals surface area (Å²) in [5.74, 6) is 1.46. The third kappa shape index (κ3) is 3.34. The Hall–Kier alpha value is -2.97. The topological polar surface area (TPSA) is 135 Å². The summed E-state index contributed by atoms with van der Waals surface area (Å²) in [5.41, 5.74) is 21.9. The molecule has 2 aromatic heterocycles. The van der Waals surface area contributed by atoms with E-state index in [1.165, 1.54) is 0 Å². The lowest BCUT2D eigenvalue weighted by atomic mass is 9.76. The molecule has 8 heteroatoms. The van der Waals surface area contributed by atoms with Crippen molar-refractivity contribution in [1.82, 2.24) is 15.0 Å². The summed E-state index contributed by atoms with van der Waals surface area (Å²) in [7, 11) is 3.21. The molecule has 0 spiro atoms. The Kier molecular flexibility index (Phi) is 4.97. The number of nitrogen functional groups attached to an aromatic ring is 1. The number of nitrogens with two attached hydrogens (primary N) is 3. The van der Waals surface area contributed by atoms with Crippen molar-refractivity contribution >= 4 is 17.0 Å². The van der Waals surface area contributed by atoms with Gasteiger partial charge in [0, 0.05) is 11.6 Å². The van der Waals surface area contributed by atoms with Crippen molar-refractivity contribution in [2.45, 2.75) is 37.3 Å². The van der Waals surface area contributed by atoms with E-state index in [1.807, 2.05) is 30.3 Å². The normalized spacial score (nSPS) is 21.9. The Morgan fingerprint density at radius 2 is 1.79 bits per heavy atom. The first-order valence-corrected chi connectivity index (χ1v) is 9.68. The third-order valence-electron chi connectivity index (χ3n) is 5.70. The van der Waals surface area contributed by atoms with E-state index in [1.54, 1.807) is 14.2 Å². The summed E-state index contributed by atoms with van der Waals surface area (Å²) < 4.78 is 10.7. The van der Waals surface area contributed by atoms with Gasteiger partial charge in [0.15, 0.2) is 11.5 Å². The Bertz CT molecular complexity index is 1060. The first-order chi connectivity index (χ1) is 14.0. The van der Waals surface area contributed by atoms with Crippen molar-refractivity contribution in [2.75, 3.05) is 20.0 Å². The molecular weight excluding hydrogens is 368 g/mol. The van der Waals surface area contributed by atoms with Crippen LogP contribution in [0.25, 0.3) is 22.3 Å². The van der Waals surface area contributed by atoms with Gasteiger partial charge in [0.05, 0.1) is 36.7 Å². The van der Waals surface area contributed by atoms with E-state index in [2.05, 4.69) is 9.97 Å². The van der Waals surface area contributed by atoms with Crippen LogP contribution in [0.2, 0.25) is 0 Å². The lowest BCUT2D eigenvalue weighted by Crippen LogP contribution is -2.55. The predicted octanol–water partition coefficient (Wildman–Crippen LogP) is 2.35. The molecule has 152 valence electrons. The number of ether oxygens (including phenoxy) is 2. The zero-order chi connectivity index (χ0) is 20.6. The van der Waals surface area contributed by atoms with E-state index in [-0.39, 0.29) is 12.0 Å². The van der Waals surface area contributed by atoms with Gasteiger partial charge in [-0.1, -0.05) is 12.8 Å². The Labute approximate surface area is 169 Å². The maximum atomic E-state index is 6.78. The van der Waals surface area contributed by atoms with Crippen molar-refractivity contribution in [3.63, 3.8) is 0 Å². The van der Waals surface area contributed by atoms with Crippen molar-refractivity contribution in [3.8, 4) is 22.8 Å². The van der Waals surface area contributed by atoms with Gasteiger partial charge < -0.3 is 26.7 Å². The van der Waals surface area contributed by atoms with E-state index >= 15 is 0 Å². The molecule has 8 nitrogen and oxygen atoms in total. The molecule has 2 atom stereocenters. The van der Waals surface area contributed by atoms with E-state index in [0.717, 1.165) is 36.9 Å². The molecule has 0 aliphatic heterocycles. The average molecular weight is 394 g/mol. The molecule has 0 saturated heterocycles. The molecular formula is C21H26N6O2. The zero-order valence-electron chi connectivity index (χ0n) is 16.7. The van der Waals surface area contributed by atoms with Crippen LogP contribution in [0.3, 0.4) is 0 Å². The van der Waals surface area contributed by atoms with Crippen LogP contribution >= 0.6 is 0 Å². The molecule has 29 heavy (non-hydrogen) atoms. The molecule has 2 heterocycles. The predicted molar refractivity (Wildman–Crippen MR) is 113 cm³/mol. The van der Waals surface area contributed by atoms with Crippen LogP contribution < -0.4 is 26.7 Å². The van der Waals surface area contributed by atoms with Crippen LogP contribution in [0.5, 0.6) is 11.5 Å². The lowest BCUT2D eigenvalue weighted by Gasteiger charge is -2.38. The van der Waals surface area contributed by atoms with Gasteiger partial charge in [-0.25, -0.2) is 15.0 Å². The van der Waals surface area contributed by atoms with Crippen LogP contribution in [0.15, 0.2) is 30.3 Å². The third-order valence-corrected chi connectivity index (χ3v) is 5.70. The van der Waals surface area contributed by atoms with Gasteiger partial charge in [-0.3, -0.25) is 0 Å². The Balaban J connectivity index is 1.89. The number of methoxy groups -OCH3 is 2. The van der Waals surface area contributed by atoms with Gasteiger partial charge in [-0.15, -0.1) is 0 Å². The van der Waals surface area contributed by atoms with Gasteiger partial charge in [-0.2, -0.15) is 0 Å². The van der Waals surface area contributed by atoms with Gasteiger partial charge in [0.2, 0.25) is 5.95 Å². The monoisotopic (exact) mass is 394 g/mol. The van der Waals surface area contributed by atoms with Gasteiger partial charge in [0.25, 0.3) is 0 Å². The highest BCUT2D eigenvalue weighted by molar-refractivity contribution is 5.82. The molecule has 1 aromatic carbocycles. The van der Waals surface area contributed by atoms with Crippen molar-refractivity contribution in [1.29, 1.82) is 0 Å². The summed E-state index contributed by atoms with van der Waals surface area (Å²) in [5, 5.41) is 0. The number of hydrogen-bond acceptors (Lipinski definition) is 8. The highest BCUT2D eigenvalue weighted by atomic mass is 16.5. The van der Waals surface area contributed by atoms with Gasteiger partial charge >= 0.3 is 0 Å². The highest BCUT2D eigenvalue weighted by Gasteiger charge is 2.40. The number of benzene rings is 1. The second-order valence-corrected chi connectivity index (χ2v) is 7.46. The molecule has 1 saturated carbocycles. The molecule has 6 N–H and O–H groups in total. The minimum atomic E-state index is -0.781. The van der Waals surface area contributed by atoms with Crippen LogP contribution in [0, 0.1) is 0 Å². The Morgan fingerprint density at radius 3 is 2.52 bits per heavy atom. The maximum absolute atomic E-state index is 6.78. The molecule has 4 rings (SSSR count). The summed E-state index contributed by atoms with van der Waals surface area (Å²) in [4.78, 5) is 13.7. The largest absolute Gasteiger partial charge is 0.493 e. The average Bonchev–Trinajstić information content (AvgIpc) is 2.74. The number of aromatic nitrogens is 3. The molecule has 1 aliphatic carbocycles. The molecule has 1 fully saturated rings. The second-order valence-electron chi connectivity index (χ2n) is 7.46. The van der Waals surface area contributed by atoms with E-state index in [0.29, 0.717) is 28.2 Å². The quantitative estimate of drug-likeness (QED) is 0.613. The number of fused-ring (bicyclic) bond motifs is 1. The SMILES string of the molecule is COc1ccc(-c2ccc3nc(N)nc(C4(N)CCCCC4N)c3n2)cc1OC. The first kappa shape index (κ1) is 19.4. The summed E-state index contributed by atoms with van der Waals surface area (Å²) in [6, 6.07) is 9.23. The van der Waals surface area contributed by atoms with Crippen LogP contribution in [-0.4, -0.2) is 35.2 Å². The van der Waals surface area contributed by atoms with Crippen LogP contribution in [-0.2, 0) is 5.54 Å². The number of hydrogen-bond donors (Lipinski definition) is 3. The van der Waals surface area contributed by atoms with E-state index in [4.69, 9.17) is 31.7 Å². The van der Waals surface area contributed by atoms with Gasteiger partial charge in [0.1, 0.15) is 5.52 Å². The zero-order valence-corrected chi connectivity index (χ0v) is 16.7. The Morgan fingerprint density at radius 1 is 1.00 bits per heavy atom. The van der Waals surface area contributed by atoms with E-state index in [9.17, 15) is 0 Å². The fraction of sp³-hybridized carbons (Fsp3) is 0.381. The maximum Gasteiger partial charge on any atom is 0.220 e. The summed E-state index contributed by atoms with van der Waals surface area (Å²) in [6.45, 7) is 0. The number of nitrogens with zero attached hydrogens (tertiary/aromatic N) is 3. The minimum Gasteiger partial charge on any atom is -0.493 e. The minimum absolute atomic E-state index is 0.177. The second kappa shape index (κ2) is 7.46. The lowest BCUT2D eigenvalue weighted by molar-refractivity contribution is 0.252. The van der Waals surface area contributed by atoms with Gasteiger partial charge in [-0.05, 0) is 43.2 Å². The van der Waals surface area contributed by atoms with Crippen LogP contribution in [0.1, 0.15) is 31.4 Å². The molecule has 0 radical (unpaired) electrons. The van der Waals surface area contributed by atoms with Crippen molar-refractivity contribution < 1.29 is 9.47 Å². The molecule has 1 aliphatic rings. The standard InChI is InChI=1S/C21H26N6O2/c1-28-15-9-6-12(11-16(15)29-2)13-7-8-14-18(25-13)19(27-20(23)26-14)21(24)10-4-3-5-17(21)22/h6-9,11,17H,3-5,10,22,24H2,1-2H3,(H2,23,26,27). The van der Waals surface area contributed by atoms with Crippen LogP contribution in [0.4, 0.5) is 5.95 Å². The number of anilines is 1. The summed E-state index contributed by atoms with van der Waals surface area (Å²) >= 11 is 0. The van der Waals surface area contributed by atoms with E-state index < -0.39 is 5.54 Å². The molecule has 0 amide bonds. The van der Waals surface area contributed by atoms with Crippen molar-refractivity contribution in [3.05, 3.63) is 36.0 Å². The highest BCUT2D eigenvalue weighted by Crippen LogP contribution is 2.37. The fourth-order valence-electron chi connectivity index (χ4n) is 4.03. The number of pyridine rings is 1. The fourth-order valence-corrected chi connectivity index (χ4v) is 4.03. The summed E-state index contributed by atoms with van der Waals surface area (Å²) in [6.07, 6.45) is 3.63. The number of rotatable bonds is 4. The first-order valence-electron chi connectivity index (χ1n) is 9.68. The molecule has 3 aromatic rings. The van der Waals surface area contributed by atoms with Crippen molar-refractivity contribution in [2.24, 2.45) is 11.5 Å². The molecule has 0 bridgehead atoms. The smallest absolute Gasteiger partial charge is 0.220 e.